The van der Waals surface area contributed by atoms with Crippen LogP contribution in [0.5, 0.6) is 5.75 Å². The van der Waals surface area contributed by atoms with Gasteiger partial charge in [0.1, 0.15) is 10.8 Å². The number of anilines is 1. The van der Waals surface area contributed by atoms with Crippen molar-refractivity contribution >= 4 is 51.6 Å². The van der Waals surface area contributed by atoms with Gasteiger partial charge >= 0.3 is 5.97 Å². The molecule has 2 heterocycles. The van der Waals surface area contributed by atoms with E-state index in [9.17, 15) is 9.59 Å². The third-order valence-electron chi connectivity index (χ3n) is 5.10. The number of thioether (sulfide) groups is 1. The molecule has 0 aliphatic carbocycles. The van der Waals surface area contributed by atoms with Crippen molar-refractivity contribution in [2.75, 3.05) is 18.2 Å². The summed E-state index contributed by atoms with van der Waals surface area (Å²) in [5.41, 5.74) is 1.30. The standard InChI is InChI=1S/C24H27ClN4O4S2/c1-6-12-29-21(14(3)33-18-11-9-8-10-17(18)25)27-28-24(29)34-13-19(30)26-22-20(23(31)32-5)16(7-2)15(4)35-22/h6,8-11,14H,1,7,12-13H2,2-5H3,(H,26,30). The van der Waals surface area contributed by atoms with Crippen molar-refractivity contribution in [1.82, 2.24) is 14.8 Å². The van der Waals surface area contributed by atoms with Crippen molar-refractivity contribution < 1.29 is 19.1 Å². The summed E-state index contributed by atoms with van der Waals surface area (Å²) in [6.45, 7) is 9.99. The summed E-state index contributed by atoms with van der Waals surface area (Å²) in [4.78, 5) is 26.0. The van der Waals surface area contributed by atoms with E-state index < -0.39 is 12.1 Å². The monoisotopic (exact) mass is 534 g/mol. The molecular weight excluding hydrogens is 508 g/mol. The maximum Gasteiger partial charge on any atom is 0.341 e. The minimum atomic E-state index is -0.461. The molecule has 1 aromatic carbocycles. The number of aryl methyl sites for hydroxylation is 1. The van der Waals surface area contributed by atoms with E-state index in [-0.39, 0.29) is 11.7 Å². The molecule has 1 atom stereocenters. The SMILES string of the molecule is C=CCn1c(SCC(=O)Nc2sc(C)c(CC)c2C(=O)OC)nnc1C(C)Oc1ccccc1Cl. The molecule has 0 aliphatic heterocycles. The molecular formula is C24H27ClN4O4S2. The third kappa shape index (κ3) is 6.25. The molecule has 0 fully saturated rings. The van der Waals surface area contributed by atoms with Crippen LogP contribution in [0.25, 0.3) is 0 Å². The Balaban J connectivity index is 1.73. The van der Waals surface area contributed by atoms with Crippen LogP contribution in [0.15, 0.2) is 42.1 Å². The fourth-order valence-corrected chi connectivity index (χ4v) is 5.58. The van der Waals surface area contributed by atoms with Crippen molar-refractivity contribution in [1.29, 1.82) is 0 Å². The topological polar surface area (TPSA) is 95.3 Å². The zero-order valence-electron chi connectivity index (χ0n) is 20.0. The van der Waals surface area contributed by atoms with Gasteiger partial charge in [-0.2, -0.15) is 0 Å². The van der Waals surface area contributed by atoms with Gasteiger partial charge in [-0.1, -0.05) is 48.5 Å². The largest absolute Gasteiger partial charge is 0.481 e. The predicted octanol–water partition coefficient (Wildman–Crippen LogP) is 5.71. The third-order valence-corrected chi connectivity index (χ3v) is 7.44. The lowest BCUT2D eigenvalue weighted by Gasteiger charge is -2.16. The summed E-state index contributed by atoms with van der Waals surface area (Å²) in [5.74, 6) is 0.481. The van der Waals surface area contributed by atoms with Crippen LogP contribution in [0, 0.1) is 6.92 Å². The number of benzene rings is 1. The lowest BCUT2D eigenvalue weighted by Crippen LogP contribution is -2.17. The average Bonchev–Trinajstić information content (AvgIpc) is 3.38. The number of esters is 1. The van der Waals surface area contributed by atoms with Crippen molar-refractivity contribution in [2.24, 2.45) is 0 Å². The van der Waals surface area contributed by atoms with E-state index in [1.165, 1.54) is 30.2 Å². The Bertz CT molecular complexity index is 1220. The highest BCUT2D eigenvalue weighted by atomic mass is 35.5. The first-order chi connectivity index (χ1) is 16.8. The van der Waals surface area contributed by atoms with E-state index in [1.54, 1.807) is 18.2 Å². The predicted molar refractivity (Wildman–Crippen MR) is 140 cm³/mol. The number of rotatable bonds is 11. The molecule has 186 valence electrons. The zero-order chi connectivity index (χ0) is 25.5. The van der Waals surface area contributed by atoms with Crippen molar-refractivity contribution in [3.8, 4) is 5.75 Å². The highest BCUT2D eigenvalue weighted by Gasteiger charge is 2.24. The van der Waals surface area contributed by atoms with Crippen LogP contribution in [0.2, 0.25) is 5.02 Å². The van der Waals surface area contributed by atoms with E-state index in [2.05, 4.69) is 22.1 Å². The molecule has 1 N–H and O–H groups in total. The second kappa shape index (κ2) is 12.2. The van der Waals surface area contributed by atoms with Crippen molar-refractivity contribution in [3.05, 3.63) is 63.8 Å². The smallest absolute Gasteiger partial charge is 0.341 e. The Hall–Kier alpha value is -2.82. The fraction of sp³-hybridized carbons (Fsp3) is 0.333. The average molecular weight is 535 g/mol. The number of hydrogen-bond acceptors (Lipinski definition) is 8. The molecule has 2 aromatic heterocycles. The summed E-state index contributed by atoms with van der Waals surface area (Å²) < 4.78 is 12.8. The molecule has 11 heteroatoms. The maximum absolute atomic E-state index is 12.8. The normalized spacial score (nSPS) is 11.7. The number of thiophene rings is 1. The number of allylic oxidation sites excluding steroid dienone is 1. The number of nitrogens with one attached hydrogen (secondary N) is 1. The molecule has 0 radical (unpaired) electrons. The van der Waals surface area contributed by atoms with Crippen LogP contribution in [-0.2, 0) is 22.5 Å². The van der Waals surface area contributed by atoms with Crippen LogP contribution in [-0.4, -0.2) is 39.5 Å². The number of ether oxygens (including phenoxy) is 2. The number of methoxy groups -OCH3 is 1. The van der Waals surface area contributed by atoms with E-state index in [0.29, 0.717) is 45.3 Å². The van der Waals surface area contributed by atoms with Gasteiger partial charge in [0.25, 0.3) is 0 Å². The Morgan fingerprint density at radius 3 is 2.74 bits per heavy atom. The summed E-state index contributed by atoms with van der Waals surface area (Å²) in [7, 11) is 1.33. The molecule has 3 rings (SSSR count). The van der Waals surface area contributed by atoms with E-state index >= 15 is 0 Å². The number of halogens is 1. The van der Waals surface area contributed by atoms with Gasteiger partial charge in [-0.25, -0.2) is 4.79 Å². The van der Waals surface area contributed by atoms with E-state index in [4.69, 9.17) is 21.1 Å². The summed E-state index contributed by atoms with van der Waals surface area (Å²) in [5, 5.41) is 12.9. The van der Waals surface area contributed by atoms with Crippen LogP contribution in [0.3, 0.4) is 0 Å². The van der Waals surface area contributed by atoms with Crippen molar-refractivity contribution in [3.63, 3.8) is 0 Å². The molecule has 0 aliphatic rings. The van der Waals surface area contributed by atoms with Gasteiger partial charge in [0.05, 0.1) is 23.4 Å². The maximum atomic E-state index is 12.8. The lowest BCUT2D eigenvalue weighted by atomic mass is 10.1. The van der Waals surface area contributed by atoms with Gasteiger partial charge in [-0.05, 0) is 38.0 Å². The Labute approximate surface area is 217 Å². The molecule has 0 saturated carbocycles. The molecule has 35 heavy (non-hydrogen) atoms. The fourth-order valence-electron chi connectivity index (χ4n) is 3.49. The molecule has 0 spiro atoms. The Morgan fingerprint density at radius 2 is 2.09 bits per heavy atom. The minimum absolute atomic E-state index is 0.0774. The first-order valence-corrected chi connectivity index (χ1v) is 13.1. The van der Waals surface area contributed by atoms with Crippen molar-refractivity contribution in [2.45, 2.75) is 45.0 Å². The van der Waals surface area contributed by atoms with E-state index in [0.717, 1.165) is 10.4 Å². The molecule has 1 amide bonds. The molecule has 1 unspecified atom stereocenters. The quantitative estimate of drug-likeness (QED) is 0.191. The first-order valence-electron chi connectivity index (χ1n) is 10.9. The number of nitrogens with zero attached hydrogens (tertiary/aromatic N) is 3. The van der Waals surface area contributed by atoms with Gasteiger partial charge in [-0.3, -0.25) is 9.36 Å². The van der Waals surface area contributed by atoms with Crippen LogP contribution >= 0.6 is 34.7 Å². The van der Waals surface area contributed by atoms with Gasteiger partial charge in [0.2, 0.25) is 5.91 Å². The van der Waals surface area contributed by atoms with Gasteiger partial charge in [-0.15, -0.1) is 28.1 Å². The minimum Gasteiger partial charge on any atom is -0.481 e. The second-order valence-corrected chi connectivity index (χ2v) is 10.0. The number of carbonyl (C=O) groups is 2. The number of amides is 1. The van der Waals surface area contributed by atoms with E-state index in [1.807, 2.05) is 37.5 Å². The summed E-state index contributed by atoms with van der Waals surface area (Å²) in [6, 6.07) is 7.20. The Kier molecular flexibility index (Phi) is 9.36. The van der Waals surface area contributed by atoms with Gasteiger partial charge in [0, 0.05) is 11.4 Å². The Morgan fingerprint density at radius 1 is 1.34 bits per heavy atom. The number of aromatic nitrogens is 3. The highest BCUT2D eigenvalue weighted by Crippen LogP contribution is 2.34. The summed E-state index contributed by atoms with van der Waals surface area (Å²) >= 11 is 8.81. The lowest BCUT2D eigenvalue weighted by molar-refractivity contribution is -0.113. The molecule has 3 aromatic rings. The first kappa shape index (κ1) is 26.8. The number of carbonyl (C=O) groups excluding carboxylic acids is 2. The number of hydrogen-bond donors (Lipinski definition) is 1. The van der Waals surface area contributed by atoms with Crippen LogP contribution in [0.1, 0.15) is 46.6 Å². The van der Waals surface area contributed by atoms with Gasteiger partial charge < -0.3 is 14.8 Å². The zero-order valence-corrected chi connectivity index (χ0v) is 22.4. The highest BCUT2D eigenvalue weighted by molar-refractivity contribution is 7.99. The molecule has 0 saturated heterocycles. The second-order valence-electron chi connectivity index (χ2n) is 7.45. The molecule has 0 bridgehead atoms. The summed E-state index contributed by atoms with van der Waals surface area (Å²) in [6.07, 6.45) is 1.96. The van der Waals surface area contributed by atoms with Crippen LogP contribution < -0.4 is 10.1 Å². The molecule has 8 nitrogen and oxygen atoms in total. The number of para-hydroxylation sites is 1. The van der Waals surface area contributed by atoms with Gasteiger partial charge in [0.15, 0.2) is 17.1 Å². The van der Waals surface area contributed by atoms with Crippen LogP contribution in [0.4, 0.5) is 5.00 Å².